The Morgan fingerprint density at radius 3 is 2.48 bits per heavy atom. The zero-order valence-electron chi connectivity index (χ0n) is 15.5. The van der Waals surface area contributed by atoms with Gasteiger partial charge in [-0.3, -0.25) is 5.43 Å². The molecule has 1 aromatic carbocycles. The fourth-order valence-corrected chi connectivity index (χ4v) is 3.00. The van der Waals surface area contributed by atoms with Gasteiger partial charge in [-0.2, -0.15) is 10.1 Å². The first-order valence-corrected chi connectivity index (χ1v) is 9.13. The molecule has 3 N–H and O–H groups in total. The molecule has 0 atom stereocenters. The topological polar surface area (TPSA) is 85.9 Å². The Kier molecular flexibility index (Phi) is 6.02. The van der Waals surface area contributed by atoms with E-state index in [-0.39, 0.29) is 5.11 Å². The molecule has 1 saturated heterocycles. The molecule has 8 nitrogen and oxygen atoms in total. The molecular formula is C18H24N8S. The molecule has 2 aromatic rings. The van der Waals surface area contributed by atoms with Crippen LogP contribution in [-0.4, -0.2) is 61.6 Å². The fourth-order valence-electron chi connectivity index (χ4n) is 2.94. The second kappa shape index (κ2) is 8.63. The number of anilines is 3. The summed E-state index contributed by atoms with van der Waals surface area (Å²) in [4.78, 5) is 15.8. The van der Waals surface area contributed by atoms with Crippen molar-refractivity contribution in [2.45, 2.75) is 0 Å². The highest BCUT2D eigenvalue weighted by Gasteiger charge is 2.20. The number of rotatable bonds is 5. The standard InChI is InChI=1S/C18H24N8S/c1-24(2)16-14(13-21-23-17(19)27)12-20-18(22-16)26-10-8-25(9-11-26)15-6-4-3-5-7-15/h3-7,12-13H,8-11H2,1-2H3,(H3,19,23,27)/b21-13+. The van der Waals surface area contributed by atoms with E-state index < -0.39 is 0 Å². The van der Waals surface area contributed by atoms with Crippen molar-refractivity contribution < 1.29 is 0 Å². The van der Waals surface area contributed by atoms with Crippen LogP contribution >= 0.6 is 12.2 Å². The highest BCUT2D eigenvalue weighted by atomic mass is 32.1. The molecule has 0 spiro atoms. The van der Waals surface area contributed by atoms with Gasteiger partial charge in [0, 0.05) is 52.2 Å². The lowest BCUT2D eigenvalue weighted by atomic mass is 10.2. The first kappa shape index (κ1) is 18.8. The van der Waals surface area contributed by atoms with Crippen molar-refractivity contribution in [1.82, 2.24) is 15.4 Å². The normalized spacial score (nSPS) is 14.4. The number of benzene rings is 1. The number of nitrogens with one attached hydrogen (secondary N) is 1. The van der Waals surface area contributed by atoms with E-state index in [4.69, 9.17) is 22.9 Å². The van der Waals surface area contributed by atoms with Crippen LogP contribution in [0.15, 0.2) is 41.6 Å². The van der Waals surface area contributed by atoms with Gasteiger partial charge in [-0.15, -0.1) is 0 Å². The Hall–Kier alpha value is -2.94. The molecule has 3 rings (SSSR count). The highest BCUT2D eigenvalue weighted by Crippen LogP contribution is 2.21. The second-order valence-corrected chi connectivity index (χ2v) is 6.83. The SMILES string of the molecule is CN(C)c1nc(N2CCN(c3ccccc3)CC2)ncc1/C=N/NC(N)=S. The van der Waals surface area contributed by atoms with Crippen LogP contribution in [0.5, 0.6) is 0 Å². The third kappa shape index (κ3) is 4.82. The molecule has 0 radical (unpaired) electrons. The fraction of sp³-hybridized carbons (Fsp3) is 0.333. The third-order valence-electron chi connectivity index (χ3n) is 4.27. The maximum Gasteiger partial charge on any atom is 0.227 e. The highest BCUT2D eigenvalue weighted by molar-refractivity contribution is 7.80. The van der Waals surface area contributed by atoms with E-state index in [1.54, 1.807) is 12.4 Å². The van der Waals surface area contributed by atoms with E-state index in [2.05, 4.69) is 49.6 Å². The van der Waals surface area contributed by atoms with Gasteiger partial charge >= 0.3 is 0 Å². The molecule has 0 bridgehead atoms. The number of aromatic nitrogens is 2. The van der Waals surface area contributed by atoms with Gasteiger partial charge in [-0.25, -0.2) is 4.98 Å². The van der Waals surface area contributed by atoms with Crippen LogP contribution in [0.4, 0.5) is 17.5 Å². The number of hydrogen-bond donors (Lipinski definition) is 2. The molecule has 1 fully saturated rings. The third-order valence-corrected chi connectivity index (χ3v) is 4.36. The van der Waals surface area contributed by atoms with Crippen molar-refractivity contribution in [3.8, 4) is 0 Å². The van der Waals surface area contributed by atoms with Crippen molar-refractivity contribution in [1.29, 1.82) is 0 Å². The molecule has 0 amide bonds. The van der Waals surface area contributed by atoms with Crippen LogP contribution < -0.4 is 25.9 Å². The number of nitrogens with two attached hydrogens (primary N) is 1. The van der Waals surface area contributed by atoms with Gasteiger partial charge in [0.15, 0.2) is 5.11 Å². The van der Waals surface area contributed by atoms with E-state index in [1.807, 2.05) is 25.1 Å². The Labute approximate surface area is 164 Å². The molecule has 1 aliphatic heterocycles. The summed E-state index contributed by atoms with van der Waals surface area (Å²) in [5.41, 5.74) is 9.97. The molecule has 2 heterocycles. The smallest absolute Gasteiger partial charge is 0.227 e. The van der Waals surface area contributed by atoms with E-state index in [0.29, 0.717) is 0 Å². The summed E-state index contributed by atoms with van der Waals surface area (Å²) in [7, 11) is 3.88. The van der Waals surface area contributed by atoms with Gasteiger partial charge in [0.05, 0.1) is 11.8 Å². The number of thiocarbonyl (C=S) groups is 1. The van der Waals surface area contributed by atoms with Crippen LogP contribution in [-0.2, 0) is 0 Å². The molecule has 27 heavy (non-hydrogen) atoms. The van der Waals surface area contributed by atoms with E-state index in [0.717, 1.165) is 43.5 Å². The number of para-hydroxylation sites is 1. The quantitative estimate of drug-likeness (QED) is 0.449. The maximum atomic E-state index is 5.38. The lowest BCUT2D eigenvalue weighted by Gasteiger charge is -2.36. The molecule has 142 valence electrons. The average Bonchev–Trinajstić information content (AvgIpc) is 2.68. The van der Waals surface area contributed by atoms with Crippen LogP contribution in [0.3, 0.4) is 0 Å². The van der Waals surface area contributed by atoms with Crippen molar-refractivity contribution in [3.63, 3.8) is 0 Å². The average molecular weight is 385 g/mol. The van der Waals surface area contributed by atoms with Crippen LogP contribution in [0.2, 0.25) is 0 Å². The van der Waals surface area contributed by atoms with Gasteiger partial charge in [-0.1, -0.05) is 18.2 Å². The van der Waals surface area contributed by atoms with Gasteiger partial charge in [0.25, 0.3) is 0 Å². The van der Waals surface area contributed by atoms with E-state index >= 15 is 0 Å². The monoisotopic (exact) mass is 384 g/mol. The van der Waals surface area contributed by atoms with E-state index in [1.165, 1.54) is 5.69 Å². The number of hydrogen-bond acceptors (Lipinski definition) is 7. The predicted octanol–water partition coefficient (Wildman–Crippen LogP) is 1.04. The Morgan fingerprint density at radius 1 is 1.19 bits per heavy atom. The molecule has 9 heteroatoms. The molecular weight excluding hydrogens is 360 g/mol. The minimum atomic E-state index is 0.117. The van der Waals surface area contributed by atoms with Gasteiger partial charge < -0.3 is 20.4 Å². The van der Waals surface area contributed by atoms with Crippen molar-refractivity contribution in [2.75, 3.05) is 55.0 Å². The first-order chi connectivity index (χ1) is 13.0. The summed E-state index contributed by atoms with van der Waals surface area (Å²) in [6.07, 6.45) is 3.39. The predicted molar refractivity (Wildman–Crippen MR) is 115 cm³/mol. The first-order valence-electron chi connectivity index (χ1n) is 8.72. The van der Waals surface area contributed by atoms with Crippen molar-refractivity contribution in [3.05, 3.63) is 42.1 Å². The lowest BCUT2D eigenvalue weighted by Crippen LogP contribution is -2.47. The van der Waals surface area contributed by atoms with Crippen LogP contribution in [0, 0.1) is 0 Å². The summed E-state index contributed by atoms with van der Waals surface area (Å²) in [6.45, 7) is 3.62. The van der Waals surface area contributed by atoms with Gasteiger partial charge in [0.2, 0.25) is 5.95 Å². The van der Waals surface area contributed by atoms with Gasteiger partial charge in [-0.05, 0) is 24.4 Å². The molecule has 1 aliphatic rings. The minimum Gasteiger partial charge on any atom is -0.375 e. The van der Waals surface area contributed by atoms with Crippen molar-refractivity contribution in [2.24, 2.45) is 10.8 Å². The minimum absolute atomic E-state index is 0.117. The zero-order chi connectivity index (χ0) is 19.2. The largest absolute Gasteiger partial charge is 0.375 e. The summed E-state index contributed by atoms with van der Waals surface area (Å²) in [5, 5.41) is 4.12. The summed E-state index contributed by atoms with van der Waals surface area (Å²) in [6, 6.07) is 10.5. The van der Waals surface area contributed by atoms with Crippen LogP contribution in [0.1, 0.15) is 5.56 Å². The summed E-state index contributed by atoms with van der Waals surface area (Å²) < 4.78 is 0. The molecule has 0 aliphatic carbocycles. The van der Waals surface area contributed by atoms with Gasteiger partial charge in [0.1, 0.15) is 5.82 Å². The molecule has 1 aromatic heterocycles. The summed E-state index contributed by atoms with van der Waals surface area (Å²) in [5.74, 6) is 1.52. The second-order valence-electron chi connectivity index (χ2n) is 6.39. The lowest BCUT2D eigenvalue weighted by molar-refractivity contribution is 0.640. The Bertz CT molecular complexity index is 800. The number of hydrazone groups is 1. The van der Waals surface area contributed by atoms with Crippen LogP contribution in [0.25, 0.3) is 0 Å². The summed E-state index contributed by atoms with van der Waals surface area (Å²) >= 11 is 4.75. The maximum absolute atomic E-state index is 5.38. The molecule has 0 saturated carbocycles. The van der Waals surface area contributed by atoms with E-state index in [9.17, 15) is 0 Å². The molecule has 0 unspecified atom stereocenters. The Morgan fingerprint density at radius 2 is 1.85 bits per heavy atom. The number of nitrogens with zero attached hydrogens (tertiary/aromatic N) is 6. The van der Waals surface area contributed by atoms with Crippen molar-refractivity contribution >= 4 is 41.0 Å². The zero-order valence-corrected chi connectivity index (χ0v) is 16.4. The Balaban J connectivity index is 1.71. The number of piperazine rings is 1.